The number of fused-ring (bicyclic) bond motifs is 1. The lowest BCUT2D eigenvalue weighted by molar-refractivity contribution is 0.170. The van der Waals surface area contributed by atoms with E-state index >= 15 is 0 Å². The molecule has 0 amide bonds. The van der Waals surface area contributed by atoms with Crippen LogP contribution in [0.4, 0.5) is 0 Å². The van der Waals surface area contributed by atoms with Crippen LogP contribution in [0.3, 0.4) is 0 Å². The van der Waals surface area contributed by atoms with Crippen molar-refractivity contribution in [1.29, 1.82) is 0 Å². The Morgan fingerprint density at radius 3 is 2.67 bits per heavy atom. The van der Waals surface area contributed by atoms with Crippen LogP contribution in [0.25, 0.3) is 0 Å². The maximum Gasteiger partial charge on any atom is 0.0224 e. The third-order valence-electron chi connectivity index (χ3n) is 2.88. The van der Waals surface area contributed by atoms with Crippen LogP contribution in [-0.4, -0.2) is 36.6 Å². The second kappa shape index (κ2) is 5.28. The predicted octanol–water partition coefficient (Wildman–Crippen LogP) is 1.29. The second-order valence-electron chi connectivity index (χ2n) is 3.52. The Kier molecular flexibility index (Phi) is 5.50. The molecule has 2 aliphatic heterocycles. The van der Waals surface area contributed by atoms with Gasteiger partial charge in [0.2, 0.25) is 0 Å². The lowest BCUT2D eigenvalue weighted by Crippen LogP contribution is -2.49. The predicted molar refractivity (Wildman–Crippen MR) is 56.6 cm³/mol. The van der Waals surface area contributed by atoms with Gasteiger partial charge < -0.3 is 5.32 Å². The molecule has 2 nitrogen and oxygen atoms in total. The Hall–Kier alpha value is 0.500. The van der Waals surface area contributed by atoms with Gasteiger partial charge in [0.15, 0.2) is 0 Å². The second-order valence-corrected chi connectivity index (χ2v) is 3.52. The van der Waals surface area contributed by atoms with Gasteiger partial charge in [-0.25, -0.2) is 0 Å². The summed E-state index contributed by atoms with van der Waals surface area (Å²) < 4.78 is 0. The first kappa shape index (κ1) is 12.5. The maximum atomic E-state index is 3.44. The van der Waals surface area contributed by atoms with Crippen LogP contribution in [-0.2, 0) is 0 Å². The molecule has 0 radical (unpaired) electrons. The molecule has 0 bridgehead atoms. The molecule has 1 N–H and O–H groups in total. The Balaban J connectivity index is 0.000000605. The van der Waals surface area contributed by atoms with Crippen LogP contribution in [0.5, 0.6) is 0 Å². The van der Waals surface area contributed by atoms with Crippen LogP contribution < -0.4 is 5.32 Å². The lowest BCUT2D eigenvalue weighted by atomic mass is 10.2. The van der Waals surface area contributed by atoms with Gasteiger partial charge in [-0.2, -0.15) is 0 Å². The number of hydrogen-bond donors (Lipinski definition) is 1. The van der Waals surface area contributed by atoms with Gasteiger partial charge in [0, 0.05) is 31.7 Å². The molecule has 2 saturated heterocycles. The van der Waals surface area contributed by atoms with Gasteiger partial charge in [-0.15, -0.1) is 24.8 Å². The molecule has 2 heterocycles. The molecule has 2 aliphatic rings. The number of nitrogens with one attached hydrogen (secondary N) is 1. The van der Waals surface area contributed by atoms with E-state index in [9.17, 15) is 0 Å². The molecule has 74 valence electrons. The Morgan fingerprint density at radius 1 is 1.25 bits per heavy atom. The molecule has 0 aromatic rings. The van der Waals surface area contributed by atoms with E-state index in [1.807, 2.05) is 0 Å². The smallest absolute Gasteiger partial charge is 0.0224 e. The Labute approximate surface area is 86.9 Å². The third kappa shape index (κ3) is 2.25. The molecule has 0 aliphatic carbocycles. The molecule has 0 aromatic carbocycles. The van der Waals surface area contributed by atoms with Crippen molar-refractivity contribution in [2.24, 2.45) is 0 Å². The molecule has 0 aromatic heterocycles. The topological polar surface area (TPSA) is 15.3 Å². The largest absolute Gasteiger partial charge is 0.314 e. The monoisotopic (exact) mass is 212 g/mol. The van der Waals surface area contributed by atoms with E-state index in [-0.39, 0.29) is 24.8 Å². The van der Waals surface area contributed by atoms with Crippen LogP contribution >= 0.6 is 24.8 Å². The zero-order valence-corrected chi connectivity index (χ0v) is 9.09. The van der Waals surface area contributed by atoms with E-state index in [2.05, 4.69) is 17.1 Å². The van der Waals surface area contributed by atoms with Crippen LogP contribution in [0, 0.1) is 0 Å². The van der Waals surface area contributed by atoms with Crippen molar-refractivity contribution in [3.63, 3.8) is 0 Å². The molecular formula is C8H18Cl2N2. The van der Waals surface area contributed by atoms with E-state index in [1.165, 1.54) is 32.5 Å². The highest BCUT2D eigenvalue weighted by Gasteiger charge is 2.31. The normalized spacial score (nSPS) is 34.8. The fourth-order valence-electron chi connectivity index (χ4n) is 2.22. The average Bonchev–Trinajstić information content (AvgIpc) is 2.34. The number of halogens is 2. The van der Waals surface area contributed by atoms with Gasteiger partial charge in [-0.3, -0.25) is 4.90 Å². The van der Waals surface area contributed by atoms with Gasteiger partial charge in [0.05, 0.1) is 0 Å². The summed E-state index contributed by atoms with van der Waals surface area (Å²) in [6.07, 6.45) is 2.82. The number of piperazine rings is 1. The molecule has 2 fully saturated rings. The summed E-state index contributed by atoms with van der Waals surface area (Å²) in [5.41, 5.74) is 0. The van der Waals surface area contributed by atoms with Crippen molar-refractivity contribution in [3.05, 3.63) is 0 Å². The highest BCUT2D eigenvalue weighted by atomic mass is 35.5. The van der Waals surface area contributed by atoms with E-state index in [4.69, 9.17) is 0 Å². The average molecular weight is 213 g/mol. The first-order valence-electron chi connectivity index (χ1n) is 4.34. The van der Waals surface area contributed by atoms with Gasteiger partial charge in [-0.05, 0) is 19.8 Å². The molecule has 4 heteroatoms. The van der Waals surface area contributed by atoms with Crippen LogP contribution in [0.15, 0.2) is 0 Å². The first-order chi connectivity index (χ1) is 4.88. The zero-order valence-electron chi connectivity index (χ0n) is 7.45. The minimum absolute atomic E-state index is 0. The fourth-order valence-corrected chi connectivity index (χ4v) is 2.22. The fraction of sp³-hybridized carbons (Fsp3) is 1.00. The molecule has 0 spiro atoms. The maximum absolute atomic E-state index is 3.44. The SMILES string of the molecule is CC1CCC2CNCCN12.Cl.Cl. The van der Waals surface area contributed by atoms with Gasteiger partial charge in [0.1, 0.15) is 0 Å². The third-order valence-corrected chi connectivity index (χ3v) is 2.88. The number of nitrogens with zero attached hydrogens (tertiary/aromatic N) is 1. The lowest BCUT2D eigenvalue weighted by Gasteiger charge is -2.32. The summed E-state index contributed by atoms with van der Waals surface area (Å²) in [6.45, 7) is 6.04. The van der Waals surface area contributed by atoms with Crippen LogP contribution in [0.2, 0.25) is 0 Å². The van der Waals surface area contributed by atoms with Crippen molar-refractivity contribution < 1.29 is 0 Å². The Bertz CT molecular complexity index is 130. The molecule has 2 rings (SSSR count). The standard InChI is InChI=1S/C8H16N2.2ClH/c1-7-2-3-8-6-9-4-5-10(7)8;;/h7-9H,2-6H2,1H3;2*1H. The molecule has 2 unspecified atom stereocenters. The van der Waals surface area contributed by atoms with Crippen molar-refractivity contribution >= 4 is 24.8 Å². The van der Waals surface area contributed by atoms with E-state index in [0.717, 1.165) is 12.1 Å². The summed E-state index contributed by atoms with van der Waals surface area (Å²) in [7, 11) is 0. The van der Waals surface area contributed by atoms with Crippen molar-refractivity contribution in [1.82, 2.24) is 10.2 Å². The summed E-state index contributed by atoms with van der Waals surface area (Å²) >= 11 is 0. The zero-order chi connectivity index (χ0) is 6.97. The summed E-state index contributed by atoms with van der Waals surface area (Å²) in [4.78, 5) is 2.65. The van der Waals surface area contributed by atoms with Crippen LogP contribution in [0.1, 0.15) is 19.8 Å². The summed E-state index contributed by atoms with van der Waals surface area (Å²) in [5.74, 6) is 0. The van der Waals surface area contributed by atoms with Gasteiger partial charge >= 0.3 is 0 Å². The minimum atomic E-state index is 0. The van der Waals surface area contributed by atoms with Crippen molar-refractivity contribution in [3.8, 4) is 0 Å². The van der Waals surface area contributed by atoms with E-state index < -0.39 is 0 Å². The minimum Gasteiger partial charge on any atom is -0.314 e. The number of rotatable bonds is 0. The first-order valence-corrected chi connectivity index (χ1v) is 4.34. The number of hydrogen-bond acceptors (Lipinski definition) is 2. The molecule has 0 saturated carbocycles. The van der Waals surface area contributed by atoms with E-state index in [1.54, 1.807) is 0 Å². The highest BCUT2D eigenvalue weighted by molar-refractivity contribution is 5.85. The van der Waals surface area contributed by atoms with Gasteiger partial charge in [-0.1, -0.05) is 0 Å². The molecular weight excluding hydrogens is 195 g/mol. The quantitative estimate of drug-likeness (QED) is 0.652. The summed E-state index contributed by atoms with van der Waals surface area (Å²) in [5, 5.41) is 3.44. The molecule has 12 heavy (non-hydrogen) atoms. The van der Waals surface area contributed by atoms with E-state index in [0.29, 0.717) is 0 Å². The Morgan fingerprint density at radius 2 is 2.00 bits per heavy atom. The molecule has 2 atom stereocenters. The highest BCUT2D eigenvalue weighted by Crippen LogP contribution is 2.23. The van der Waals surface area contributed by atoms with Gasteiger partial charge in [0.25, 0.3) is 0 Å². The summed E-state index contributed by atoms with van der Waals surface area (Å²) in [6, 6.07) is 1.72. The van der Waals surface area contributed by atoms with Crippen molar-refractivity contribution in [2.45, 2.75) is 31.8 Å². The van der Waals surface area contributed by atoms with Crippen molar-refractivity contribution in [2.75, 3.05) is 19.6 Å².